The number of nitrogens with zero attached hydrogens (tertiary/aromatic N) is 5. The molecule has 8 nitrogen and oxygen atoms in total. The van der Waals surface area contributed by atoms with Crippen LogP contribution in [0.25, 0.3) is 0 Å². The van der Waals surface area contributed by atoms with Crippen LogP contribution >= 0.6 is 0 Å². The minimum absolute atomic E-state index is 0.00575. The molecule has 4 rings (SSSR count). The molecule has 0 aromatic carbocycles. The molecular weight excluding hydrogens is 358 g/mol. The maximum absolute atomic E-state index is 13.4. The highest BCUT2D eigenvalue weighted by Crippen LogP contribution is 2.38. The van der Waals surface area contributed by atoms with Gasteiger partial charge in [0.2, 0.25) is 11.8 Å². The highest BCUT2D eigenvalue weighted by Gasteiger charge is 2.52. The van der Waals surface area contributed by atoms with Crippen LogP contribution in [0.4, 0.5) is 0 Å². The fourth-order valence-corrected chi connectivity index (χ4v) is 4.37. The van der Waals surface area contributed by atoms with E-state index in [0.717, 1.165) is 18.5 Å². The number of pyridine rings is 1. The van der Waals surface area contributed by atoms with Gasteiger partial charge in [0.05, 0.1) is 12.2 Å². The standard InChI is InChI=1S/C20H23N5O3/c26-17(15-24-12-5-10-22-19(24)28)25-13-4-8-20(25)7-3-11-23(18(20)27)14-16-6-1-2-9-21-16/h1-2,5-6,9-10,12H,3-4,7-8,11,13-15H2. The van der Waals surface area contributed by atoms with E-state index in [1.54, 1.807) is 23.4 Å². The van der Waals surface area contributed by atoms with E-state index in [2.05, 4.69) is 9.97 Å². The molecular formula is C20H23N5O3. The second kappa shape index (κ2) is 7.53. The average Bonchev–Trinajstić information content (AvgIpc) is 3.13. The second-order valence-electron chi connectivity index (χ2n) is 7.36. The number of rotatable bonds is 4. The van der Waals surface area contributed by atoms with E-state index in [9.17, 15) is 14.4 Å². The molecule has 0 radical (unpaired) electrons. The van der Waals surface area contributed by atoms with Gasteiger partial charge in [0.25, 0.3) is 0 Å². The van der Waals surface area contributed by atoms with Crippen molar-refractivity contribution in [2.75, 3.05) is 13.1 Å². The first-order chi connectivity index (χ1) is 13.6. The van der Waals surface area contributed by atoms with Crippen molar-refractivity contribution in [3.05, 3.63) is 59.0 Å². The van der Waals surface area contributed by atoms with Crippen LogP contribution < -0.4 is 5.69 Å². The molecule has 2 fully saturated rings. The Morgan fingerprint density at radius 1 is 1.04 bits per heavy atom. The lowest BCUT2D eigenvalue weighted by atomic mass is 9.85. The second-order valence-corrected chi connectivity index (χ2v) is 7.36. The first-order valence-corrected chi connectivity index (χ1v) is 9.61. The lowest BCUT2D eigenvalue weighted by Crippen LogP contribution is -2.61. The van der Waals surface area contributed by atoms with Gasteiger partial charge < -0.3 is 9.80 Å². The summed E-state index contributed by atoms with van der Waals surface area (Å²) >= 11 is 0. The van der Waals surface area contributed by atoms with Crippen LogP contribution in [-0.4, -0.2) is 54.8 Å². The molecule has 2 aromatic rings. The molecule has 2 aromatic heterocycles. The molecule has 1 unspecified atom stereocenters. The number of amides is 2. The first kappa shape index (κ1) is 18.3. The molecule has 1 atom stereocenters. The first-order valence-electron chi connectivity index (χ1n) is 9.61. The van der Waals surface area contributed by atoms with Crippen LogP contribution in [0.1, 0.15) is 31.4 Å². The van der Waals surface area contributed by atoms with Gasteiger partial charge in [-0.2, -0.15) is 0 Å². The minimum Gasteiger partial charge on any atom is -0.335 e. The molecule has 0 saturated carbocycles. The predicted octanol–water partition coefficient (Wildman–Crippen LogP) is 0.822. The van der Waals surface area contributed by atoms with Crippen molar-refractivity contribution in [1.29, 1.82) is 0 Å². The highest BCUT2D eigenvalue weighted by atomic mass is 16.2. The Bertz CT molecular complexity index is 929. The van der Waals surface area contributed by atoms with Crippen molar-refractivity contribution >= 4 is 11.8 Å². The third-order valence-corrected chi connectivity index (χ3v) is 5.66. The van der Waals surface area contributed by atoms with Gasteiger partial charge in [-0.3, -0.25) is 19.1 Å². The molecule has 4 heterocycles. The number of carbonyl (C=O) groups is 2. The molecule has 0 bridgehead atoms. The van der Waals surface area contributed by atoms with E-state index < -0.39 is 11.2 Å². The Labute approximate surface area is 162 Å². The van der Waals surface area contributed by atoms with Crippen LogP contribution in [0, 0.1) is 0 Å². The van der Waals surface area contributed by atoms with Crippen molar-refractivity contribution in [3.63, 3.8) is 0 Å². The molecule has 2 aliphatic heterocycles. The number of aromatic nitrogens is 3. The number of carbonyl (C=O) groups excluding carboxylic acids is 2. The maximum atomic E-state index is 13.4. The number of piperidine rings is 1. The smallest absolute Gasteiger partial charge is 0.335 e. The van der Waals surface area contributed by atoms with E-state index in [1.807, 2.05) is 23.1 Å². The summed E-state index contributed by atoms with van der Waals surface area (Å²) in [4.78, 5) is 49.8. The van der Waals surface area contributed by atoms with E-state index in [4.69, 9.17) is 0 Å². The predicted molar refractivity (Wildman–Crippen MR) is 101 cm³/mol. The fraction of sp³-hybridized carbons (Fsp3) is 0.450. The van der Waals surface area contributed by atoms with Crippen LogP contribution in [0.5, 0.6) is 0 Å². The fourth-order valence-electron chi connectivity index (χ4n) is 4.37. The van der Waals surface area contributed by atoms with Gasteiger partial charge in [0.15, 0.2) is 0 Å². The third-order valence-electron chi connectivity index (χ3n) is 5.66. The SMILES string of the molecule is O=C(Cn1cccnc1=O)N1CCCC12CCCN(Cc1ccccn1)C2=O. The number of hydrogen-bond donors (Lipinski definition) is 0. The average molecular weight is 381 g/mol. The van der Waals surface area contributed by atoms with Crippen molar-refractivity contribution in [3.8, 4) is 0 Å². The molecule has 8 heteroatoms. The van der Waals surface area contributed by atoms with Gasteiger partial charge in [-0.15, -0.1) is 0 Å². The number of likely N-dealkylation sites (tertiary alicyclic amines) is 2. The normalized spacial score (nSPS) is 22.1. The van der Waals surface area contributed by atoms with Crippen molar-refractivity contribution < 1.29 is 9.59 Å². The van der Waals surface area contributed by atoms with Crippen LogP contribution in [-0.2, 0) is 22.7 Å². The summed E-state index contributed by atoms with van der Waals surface area (Å²) in [6, 6.07) is 7.28. The quantitative estimate of drug-likeness (QED) is 0.782. The van der Waals surface area contributed by atoms with E-state index in [1.165, 1.54) is 10.8 Å². The van der Waals surface area contributed by atoms with Crippen LogP contribution in [0.15, 0.2) is 47.7 Å². The summed E-state index contributed by atoms with van der Waals surface area (Å²) in [5, 5.41) is 0. The lowest BCUT2D eigenvalue weighted by molar-refractivity contribution is -0.156. The molecule has 2 saturated heterocycles. The Hall–Kier alpha value is -3.03. The third kappa shape index (κ3) is 3.30. The molecule has 1 spiro atoms. The monoisotopic (exact) mass is 381 g/mol. The minimum atomic E-state index is -0.796. The summed E-state index contributed by atoms with van der Waals surface area (Å²) in [5.74, 6) is -0.213. The molecule has 0 aliphatic carbocycles. The van der Waals surface area contributed by atoms with Crippen LogP contribution in [0.2, 0.25) is 0 Å². The van der Waals surface area contributed by atoms with Gasteiger partial charge >= 0.3 is 5.69 Å². The summed E-state index contributed by atoms with van der Waals surface area (Å²) in [7, 11) is 0. The molecule has 146 valence electrons. The summed E-state index contributed by atoms with van der Waals surface area (Å²) in [6.07, 6.45) is 7.63. The highest BCUT2D eigenvalue weighted by molar-refractivity contribution is 5.92. The Balaban J connectivity index is 1.54. The van der Waals surface area contributed by atoms with Gasteiger partial charge in [0, 0.05) is 31.7 Å². The molecule has 2 amide bonds. The summed E-state index contributed by atoms with van der Waals surface area (Å²) in [5.41, 5.74) is -0.419. The van der Waals surface area contributed by atoms with Crippen molar-refractivity contribution in [1.82, 2.24) is 24.3 Å². The lowest BCUT2D eigenvalue weighted by Gasteiger charge is -2.44. The largest absolute Gasteiger partial charge is 0.347 e. The maximum Gasteiger partial charge on any atom is 0.347 e. The van der Waals surface area contributed by atoms with E-state index in [-0.39, 0.29) is 18.4 Å². The van der Waals surface area contributed by atoms with Gasteiger partial charge in [-0.1, -0.05) is 6.07 Å². The van der Waals surface area contributed by atoms with E-state index in [0.29, 0.717) is 32.5 Å². The molecule has 0 N–H and O–H groups in total. The van der Waals surface area contributed by atoms with Crippen LogP contribution in [0.3, 0.4) is 0 Å². The Kier molecular flexibility index (Phi) is 4.93. The Morgan fingerprint density at radius 2 is 1.82 bits per heavy atom. The summed E-state index contributed by atoms with van der Waals surface area (Å²) < 4.78 is 1.29. The molecule has 2 aliphatic rings. The van der Waals surface area contributed by atoms with Crippen molar-refractivity contribution in [2.24, 2.45) is 0 Å². The zero-order valence-corrected chi connectivity index (χ0v) is 15.7. The number of hydrogen-bond acceptors (Lipinski definition) is 5. The topological polar surface area (TPSA) is 88.4 Å². The van der Waals surface area contributed by atoms with Crippen molar-refractivity contribution in [2.45, 2.75) is 44.3 Å². The zero-order valence-electron chi connectivity index (χ0n) is 15.7. The zero-order chi connectivity index (χ0) is 19.6. The van der Waals surface area contributed by atoms with Gasteiger partial charge in [-0.25, -0.2) is 9.78 Å². The van der Waals surface area contributed by atoms with Gasteiger partial charge in [-0.05, 0) is 43.9 Å². The molecule has 28 heavy (non-hydrogen) atoms. The van der Waals surface area contributed by atoms with Gasteiger partial charge in [0.1, 0.15) is 12.1 Å². The van der Waals surface area contributed by atoms with E-state index >= 15 is 0 Å². The Morgan fingerprint density at radius 3 is 2.57 bits per heavy atom. The summed E-state index contributed by atoms with van der Waals surface area (Å²) in [6.45, 7) is 1.56.